The minimum absolute atomic E-state index is 0. The molecule has 1 aliphatic heterocycles. The molecule has 2 rings (SSSR count). The molecule has 1 aliphatic rings. The van der Waals surface area contributed by atoms with E-state index in [0.717, 1.165) is 37.2 Å². The van der Waals surface area contributed by atoms with E-state index in [2.05, 4.69) is 17.0 Å². The van der Waals surface area contributed by atoms with Crippen molar-refractivity contribution in [3.63, 3.8) is 0 Å². The third-order valence-corrected chi connectivity index (χ3v) is 5.72. The van der Waals surface area contributed by atoms with Crippen molar-refractivity contribution in [1.82, 2.24) is 10.0 Å². The van der Waals surface area contributed by atoms with Crippen LogP contribution in [0.15, 0.2) is 23.1 Å². The van der Waals surface area contributed by atoms with Crippen molar-refractivity contribution in [2.45, 2.75) is 51.5 Å². The Balaban J connectivity index is 0.00000288. The van der Waals surface area contributed by atoms with Gasteiger partial charge in [0.25, 0.3) is 0 Å². The molecule has 5 nitrogen and oxygen atoms in total. The molecule has 138 valence electrons. The van der Waals surface area contributed by atoms with Crippen molar-refractivity contribution < 1.29 is 13.2 Å². The molecule has 0 unspecified atom stereocenters. The number of ether oxygens (including phenoxy) is 1. The molecule has 0 aliphatic carbocycles. The van der Waals surface area contributed by atoms with Gasteiger partial charge in [0, 0.05) is 6.54 Å². The van der Waals surface area contributed by atoms with Crippen LogP contribution in [0.5, 0.6) is 5.75 Å². The van der Waals surface area contributed by atoms with Crippen LogP contribution < -0.4 is 14.8 Å². The number of hydrogen-bond acceptors (Lipinski definition) is 4. The third-order valence-electron chi connectivity index (χ3n) is 4.32. The molecule has 1 heterocycles. The molecule has 0 saturated carbocycles. The summed E-state index contributed by atoms with van der Waals surface area (Å²) in [4.78, 5) is 0.295. The van der Waals surface area contributed by atoms with Crippen LogP contribution >= 0.6 is 12.4 Å². The van der Waals surface area contributed by atoms with E-state index in [4.69, 9.17) is 4.74 Å². The maximum absolute atomic E-state index is 12.5. The van der Waals surface area contributed by atoms with Crippen LogP contribution in [-0.4, -0.2) is 34.2 Å². The SMILES string of the molecule is Cc1cc(S(=O)(=O)NCC2(C)CCNCC2)ccc1OC(C)C.Cl. The van der Waals surface area contributed by atoms with Crippen LogP contribution in [0.4, 0.5) is 0 Å². The zero-order chi connectivity index (χ0) is 17.1. The van der Waals surface area contributed by atoms with E-state index in [-0.39, 0.29) is 23.9 Å². The summed E-state index contributed by atoms with van der Waals surface area (Å²) in [7, 11) is -3.49. The van der Waals surface area contributed by atoms with E-state index >= 15 is 0 Å². The Labute approximate surface area is 152 Å². The fraction of sp³-hybridized carbons (Fsp3) is 0.647. The summed E-state index contributed by atoms with van der Waals surface area (Å²) in [6, 6.07) is 5.01. The van der Waals surface area contributed by atoms with Gasteiger partial charge < -0.3 is 10.1 Å². The first-order valence-corrected chi connectivity index (χ1v) is 9.68. The van der Waals surface area contributed by atoms with Crippen LogP contribution in [0.3, 0.4) is 0 Å². The predicted octanol–water partition coefficient (Wildman–Crippen LogP) is 2.87. The van der Waals surface area contributed by atoms with E-state index in [1.54, 1.807) is 18.2 Å². The lowest BCUT2D eigenvalue weighted by atomic mass is 9.81. The molecule has 1 aromatic rings. The number of benzene rings is 1. The molecule has 0 amide bonds. The molecular weight excluding hydrogens is 348 g/mol. The van der Waals surface area contributed by atoms with Crippen molar-refractivity contribution in [2.75, 3.05) is 19.6 Å². The molecule has 1 saturated heterocycles. The summed E-state index contributed by atoms with van der Waals surface area (Å²) in [6.07, 6.45) is 2.03. The van der Waals surface area contributed by atoms with Crippen molar-refractivity contribution in [3.8, 4) is 5.75 Å². The Bertz CT molecular complexity index is 641. The van der Waals surface area contributed by atoms with Crippen LogP contribution in [-0.2, 0) is 10.0 Å². The maximum atomic E-state index is 12.5. The van der Waals surface area contributed by atoms with Gasteiger partial charge in [0.05, 0.1) is 11.0 Å². The summed E-state index contributed by atoms with van der Waals surface area (Å²) >= 11 is 0. The molecule has 2 N–H and O–H groups in total. The highest BCUT2D eigenvalue weighted by Gasteiger charge is 2.28. The van der Waals surface area contributed by atoms with Gasteiger partial charge >= 0.3 is 0 Å². The zero-order valence-corrected chi connectivity index (χ0v) is 16.5. The lowest BCUT2D eigenvalue weighted by molar-refractivity contribution is 0.232. The van der Waals surface area contributed by atoms with Gasteiger partial charge in [-0.2, -0.15) is 0 Å². The summed E-state index contributed by atoms with van der Waals surface area (Å²) in [5, 5.41) is 3.31. The topological polar surface area (TPSA) is 67.4 Å². The van der Waals surface area contributed by atoms with Gasteiger partial charge in [0.15, 0.2) is 0 Å². The highest BCUT2D eigenvalue weighted by atomic mass is 35.5. The molecule has 24 heavy (non-hydrogen) atoms. The fourth-order valence-electron chi connectivity index (χ4n) is 2.73. The van der Waals surface area contributed by atoms with E-state index < -0.39 is 10.0 Å². The van der Waals surface area contributed by atoms with Crippen LogP contribution in [0.25, 0.3) is 0 Å². The molecule has 0 bridgehead atoms. The monoisotopic (exact) mass is 376 g/mol. The normalized spacial score (nSPS) is 17.4. The highest BCUT2D eigenvalue weighted by molar-refractivity contribution is 7.89. The predicted molar refractivity (Wildman–Crippen MR) is 99.6 cm³/mol. The van der Waals surface area contributed by atoms with E-state index in [9.17, 15) is 8.42 Å². The molecule has 7 heteroatoms. The smallest absolute Gasteiger partial charge is 0.240 e. The number of rotatable bonds is 6. The Morgan fingerprint density at radius 3 is 2.46 bits per heavy atom. The van der Waals surface area contributed by atoms with Crippen LogP contribution in [0, 0.1) is 12.3 Å². The molecule has 1 fully saturated rings. The second kappa shape index (κ2) is 8.52. The number of hydrogen-bond donors (Lipinski definition) is 2. The molecule has 0 radical (unpaired) electrons. The second-order valence-corrected chi connectivity index (χ2v) is 8.75. The van der Waals surface area contributed by atoms with Gasteiger partial charge in [-0.3, -0.25) is 0 Å². The largest absolute Gasteiger partial charge is 0.491 e. The van der Waals surface area contributed by atoms with Crippen molar-refractivity contribution in [3.05, 3.63) is 23.8 Å². The average Bonchev–Trinajstić information content (AvgIpc) is 2.48. The van der Waals surface area contributed by atoms with Gasteiger partial charge in [-0.25, -0.2) is 13.1 Å². The van der Waals surface area contributed by atoms with Crippen LogP contribution in [0.1, 0.15) is 39.2 Å². The summed E-state index contributed by atoms with van der Waals surface area (Å²) in [5.74, 6) is 0.726. The number of nitrogens with one attached hydrogen (secondary N) is 2. The Kier molecular flexibility index (Phi) is 7.53. The highest BCUT2D eigenvalue weighted by Crippen LogP contribution is 2.28. The van der Waals surface area contributed by atoms with Crippen molar-refractivity contribution >= 4 is 22.4 Å². The van der Waals surface area contributed by atoms with Gasteiger partial charge in [-0.05, 0) is 75.9 Å². The number of aryl methyl sites for hydroxylation is 1. The summed E-state index contributed by atoms with van der Waals surface area (Å²) < 4.78 is 33.5. The number of halogens is 1. The lowest BCUT2D eigenvalue weighted by Gasteiger charge is -2.34. The fourth-order valence-corrected chi connectivity index (χ4v) is 4.02. The van der Waals surface area contributed by atoms with E-state index in [0.29, 0.717) is 11.4 Å². The van der Waals surface area contributed by atoms with Crippen molar-refractivity contribution in [2.24, 2.45) is 5.41 Å². The Hall–Kier alpha value is -0.820. The maximum Gasteiger partial charge on any atom is 0.240 e. The lowest BCUT2D eigenvalue weighted by Crippen LogP contribution is -2.42. The third kappa shape index (κ3) is 5.62. The minimum atomic E-state index is -3.49. The van der Waals surface area contributed by atoms with Gasteiger partial charge in [-0.15, -0.1) is 12.4 Å². The Morgan fingerprint density at radius 1 is 1.29 bits per heavy atom. The first-order valence-electron chi connectivity index (χ1n) is 8.20. The first-order chi connectivity index (χ1) is 10.7. The zero-order valence-electron chi connectivity index (χ0n) is 14.9. The molecule has 0 spiro atoms. The first kappa shape index (κ1) is 21.2. The van der Waals surface area contributed by atoms with Crippen molar-refractivity contribution in [1.29, 1.82) is 0 Å². The van der Waals surface area contributed by atoms with E-state index in [1.165, 1.54) is 0 Å². The van der Waals surface area contributed by atoms with Gasteiger partial charge in [0.2, 0.25) is 10.0 Å². The number of sulfonamides is 1. The molecule has 1 aromatic carbocycles. The van der Waals surface area contributed by atoms with Gasteiger partial charge in [0.1, 0.15) is 5.75 Å². The summed E-state index contributed by atoms with van der Waals surface area (Å²) in [5.41, 5.74) is 0.850. The molecular formula is C17H29ClN2O3S. The minimum Gasteiger partial charge on any atom is -0.491 e. The van der Waals surface area contributed by atoms with Gasteiger partial charge in [-0.1, -0.05) is 6.92 Å². The Morgan fingerprint density at radius 2 is 1.92 bits per heavy atom. The van der Waals surface area contributed by atoms with Crippen LogP contribution in [0.2, 0.25) is 0 Å². The summed E-state index contributed by atoms with van der Waals surface area (Å²) in [6.45, 7) is 10.3. The molecule has 0 aromatic heterocycles. The quantitative estimate of drug-likeness (QED) is 0.801. The standard InChI is InChI=1S/C17H28N2O3S.ClH/c1-13(2)22-16-6-5-15(11-14(16)3)23(20,21)19-12-17(4)7-9-18-10-8-17;/h5-6,11,13,18-19H,7-10,12H2,1-4H3;1H. The number of piperidine rings is 1. The average molecular weight is 377 g/mol. The van der Waals surface area contributed by atoms with E-state index in [1.807, 2.05) is 20.8 Å². The second-order valence-electron chi connectivity index (χ2n) is 6.98. The molecule has 0 atom stereocenters.